The Morgan fingerprint density at radius 2 is 0.812 bits per heavy atom. The largest absolute Gasteiger partial charge is 0.309 e. The molecule has 0 radical (unpaired) electrons. The Bertz CT molecular complexity index is 4240. The highest BCUT2D eigenvalue weighted by molar-refractivity contribution is 7.26. The van der Waals surface area contributed by atoms with Crippen molar-refractivity contribution in [2.24, 2.45) is 0 Å². The quantitative estimate of drug-likeness (QED) is 0.160. The van der Waals surface area contributed by atoms with E-state index in [9.17, 15) is 0 Å². The summed E-state index contributed by atoms with van der Waals surface area (Å²) in [4.78, 5) is 15.4. The molecule has 10 aromatic carbocycles. The van der Waals surface area contributed by atoms with Crippen LogP contribution in [0.1, 0.15) is 0 Å². The first-order valence-corrected chi connectivity index (χ1v) is 24.1. The smallest absolute Gasteiger partial charge is 0.166 e. The predicted molar refractivity (Wildman–Crippen MR) is 289 cm³/mol. The number of fused-ring (bicyclic) bond motifs is 9. The molecule has 322 valence electrons. The lowest BCUT2D eigenvalue weighted by Gasteiger charge is -2.15. The van der Waals surface area contributed by atoms with Crippen LogP contribution in [-0.4, -0.2) is 24.1 Å². The predicted octanol–water partition coefficient (Wildman–Crippen LogP) is 16.8. The highest BCUT2D eigenvalue weighted by Gasteiger charge is 2.24. The fraction of sp³-hybridized carbons (Fsp3) is 0. The Kier molecular flexibility index (Phi) is 9.00. The van der Waals surface area contributed by atoms with Gasteiger partial charge in [0.15, 0.2) is 17.5 Å². The molecule has 69 heavy (non-hydrogen) atoms. The van der Waals surface area contributed by atoms with Crippen molar-refractivity contribution in [1.82, 2.24) is 24.1 Å². The Hall–Kier alpha value is -8.97. The number of aromatic nitrogens is 5. The van der Waals surface area contributed by atoms with E-state index in [0.29, 0.717) is 17.5 Å². The summed E-state index contributed by atoms with van der Waals surface area (Å²) in [5.74, 6) is 1.87. The molecule has 0 amide bonds. The number of benzene rings is 10. The summed E-state index contributed by atoms with van der Waals surface area (Å²) in [6, 6.07) is 84.5. The van der Waals surface area contributed by atoms with Crippen molar-refractivity contribution in [2.45, 2.75) is 0 Å². The summed E-state index contributed by atoms with van der Waals surface area (Å²) in [6.07, 6.45) is 0. The van der Waals surface area contributed by atoms with Crippen molar-refractivity contribution in [2.75, 3.05) is 0 Å². The second-order valence-corrected chi connectivity index (χ2v) is 18.5. The average molecular weight is 898 g/mol. The second kappa shape index (κ2) is 15.8. The van der Waals surface area contributed by atoms with Gasteiger partial charge in [0.2, 0.25) is 0 Å². The zero-order valence-electron chi connectivity index (χ0n) is 37.2. The van der Waals surface area contributed by atoms with Gasteiger partial charge in [-0.1, -0.05) is 182 Å². The third kappa shape index (κ3) is 6.27. The maximum absolute atomic E-state index is 5.20. The van der Waals surface area contributed by atoms with E-state index in [1.165, 1.54) is 69.5 Å². The fourth-order valence-corrected chi connectivity index (χ4v) is 11.8. The molecule has 0 saturated heterocycles. The first kappa shape index (κ1) is 39.2. The first-order valence-electron chi connectivity index (χ1n) is 23.3. The second-order valence-electron chi connectivity index (χ2n) is 17.5. The Morgan fingerprint density at radius 1 is 0.304 bits per heavy atom. The van der Waals surface area contributed by atoms with Gasteiger partial charge in [-0.05, 0) is 76.9 Å². The Morgan fingerprint density at radius 3 is 1.54 bits per heavy atom. The summed E-state index contributed by atoms with van der Waals surface area (Å²) in [5.41, 5.74) is 14.3. The number of rotatable bonds is 7. The van der Waals surface area contributed by atoms with Gasteiger partial charge in [0.25, 0.3) is 0 Å². The van der Waals surface area contributed by atoms with Crippen molar-refractivity contribution >= 4 is 75.1 Å². The standard InChI is InChI=1S/C63H39N5S/c1-4-19-40(20-5-1)61-64-62(41-21-6-2-7-22-41)66-63(65-61)51-27-11-14-33-53(51)68-52-32-13-10-26-49(52)58-46(30-18-35-55(58)68)47-29-17-34-54-59(47)50-38-37-42(39-56(50)67(54)43-23-8-3-9-24-43)44-28-16-31-48-45-25-12-15-36-57(45)69-60(44)48/h1-39H. The summed E-state index contributed by atoms with van der Waals surface area (Å²) >= 11 is 1.88. The van der Waals surface area contributed by atoms with Gasteiger partial charge in [-0.2, -0.15) is 0 Å². The fourth-order valence-electron chi connectivity index (χ4n) is 10.6. The van der Waals surface area contributed by atoms with Gasteiger partial charge >= 0.3 is 0 Å². The molecular formula is C63H39N5S. The van der Waals surface area contributed by atoms with Crippen LogP contribution in [0.15, 0.2) is 237 Å². The molecular weight excluding hydrogens is 859 g/mol. The van der Waals surface area contributed by atoms with Crippen molar-refractivity contribution in [3.63, 3.8) is 0 Å². The molecule has 0 unspecified atom stereocenters. The molecule has 0 N–H and O–H groups in total. The van der Waals surface area contributed by atoms with Gasteiger partial charge in [0, 0.05) is 64.1 Å². The van der Waals surface area contributed by atoms with Gasteiger partial charge < -0.3 is 9.13 Å². The van der Waals surface area contributed by atoms with E-state index in [-0.39, 0.29) is 0 Å². The molecule has 14 rings (SSSR count). The SMILES string of the molecule is c1ccc(-c2nc(-c3ccccc3)nc(-c3ccccc3-n3c4ccccc4c4c(-c5cccc6c5c5ccc(-c7cccc8c7sc7ccccc78)cc5n6-c5ccccc5)cccc43)n2)cc1. The highest BCUT2D eigenvalue weighted by atomic mass is 32.1. The molecule has 14 aromatic rings. The number of nitrogens with zero attached hydrogens (tertiary/aromatic N) is 5. The van der Waals surface area contributed by atoms with Gasteiger partial charge in [-0.15, -0.1) is 11.3 Å². The van der Waals surface area contributed by atoms with E-state index in [0.717, 1.165) is 44.6 Å². The molecule has 0 bridgehead atoms. The number of para-hydroxylation sites is 3. The Balaban J connectivity index is 1.00. The van der Waals surface area contributed by atoms with Crippen LogP contribution >= 0.6 is 11.3 Å². The van der Waals surface area contributed by atoms with Gasteiger partial charge in [-0.3, -0.25) is 0 Å². The summed E-state index contributed by atoms with van der Waals surface area (Å²) in [5, 5.41) is 7.40. The van der Waals surface area contributed by atoms with E-state index < -0.39 is 0 Å². The average Bonchev–Trinajstić information content (AvgIpc) is 4.09. The van der Waals surface area contributed by atoms with Crippen molar-refractivity contribution < 1.29 is 0 Å². The third-order valence-corrected chi connectivity index (χ3v) is 14.8. The minimum absolute atomic E-state index is 0.613. The van der Waals surface area contributed by atoms with Crippen molar-refractivity contribution in [1.29, 1.82) is 0 Å². The number of thiophene rings is 1. The van der Waals surface area contributed by atoms with Crippen LogP contribution in [0.3, 0.4) is 0 Å². The molecule has 0 aliphatic rings. The van der Waals surface area contributed by atoms with E-state index in [4.69, 9.17) is 15.0 Å². The van der Waals surface area contributed by atoms with Gasteiger partial charge in [0.1, 0.15) is 0 Å². The lowest BCUT2D eigenvalue weighted by molar-refractivity contribution is 1.06. The summed E-state index contributed by atoms with van der Waals surface area (Å²) in [7, 11) is 0. The zero-order valence-corrected chi connectivity index (χ0v) is 38.0. The molecule has 0 spiro atoms. The molecule has 0 aliphatic carbocycles. The maximum Gasteiger partial charge on any atom is 0.166 e. The van der Waals surface area contributed by atoms with Crippen LogP contribution in [0.25, 0.3) is 132 Å². The molecule has 0 saturated carbocycles. The lowest BCUT2D eigenvalue weighted by Crippen LogP contribution is -2.03. The van der Waals surface area contributed by atoms with E-state index in [2.05, 4.69) is 209 Å². The minimum atomic E-state index is 0.613. The molecule has 6 heteroatoms. The molecule has 4 aromatic heterocycles. The molecule has 0 atom stereocenters. The summed E-state index contributed by atoms with van der Waals surface area (Å²) in [6.45, 7) is 0. The summed E-state index contributed by atoms with van der Waals surface area (Å²) < 4.78 is 7.47. The van der Waals surface area contributed by atoms with Crippen LogP contribution in [0.5, 0.6) is 0 Å². The van der Waals surface area contributed by atoms with Crippen LogP contribution in [0.2, 0.25) is 0 Å². The third-order valence-electron chi connectivity index (χ3n) is 13.6. The van der Waals surface area contributed by atoms with Crippen molar-refractivity contribution in [3.05, 3.63) is 237 Å². The van der Waals surface area contributed by atoms with Crippen LogP contribution in [0, 0.1) is 0 Å². The van der Waals surface area contributed by atoms with E-state index >= 15 is 0 Å². The molecule has 4 heterocycles. The van der Waals surface area contributed by atoms with Crippen LogP contribution < -0.4 is 0 Å². The molecule has 0 fully saturated rings. The highest BCUT2D eigenvalue weighted by Crippen LogP contribution is 2.46. The van der Waals surface area contributed by atoms with E-state index in [1.807, 2.05) is 47.7 Å². The van der Waals surface area contributed by atoms with Gasteiger partial charge in [0.05, 0.1) is 27.8 Å². The lowest BCUT2D eigenvalue weighted by atomic mass is 9.94. The van der Waals surface area contributed by atoms with Crippen LogP contribution in [0.4, 0.5) is 0 Å². The first-order chi connectivity index (χ1) is 34.2. The van der Waals surface area contributed by atoms with Gasteiger partial charge in [-0.25, -0.2) is 15.0 Å². The maximum atomic E-state index is 5.20. The Labute approximate surface area is 401 Å². The zero-order chi connectivity index (χ0) is 45.4. The number of hydrogen-bond donors (Lipinski definition) is 0. The molecule has 5 nitrogen and oxygen atoms in total. The van der Waals surface area contributed by atoms with Crippen molar-refractivity contribution in [3.8, 4) is 67.8 Å². The normalized spacial score (nSPS) is 11.8. The van der Waals surface area contributed by atoms with E-state index in [1.54, 1.807) is 0 Å². The molecule has 0 aliphatic heterocycles. The van der Waals surface area contributed by atoms with Crippen LogP contribution in [-0.2, 0) is 0 Å². The topological polar surface area (TPSA) is 48.5 Å². The number of hydrogen-bond acceptors (Lipinski definition) is 4. The minimum Gasteiger partial charge on any atom is -0.309 e. The monoisotopic (exact) mass is 897 g/mol.